The number of hydrogen-bond donors (Lipinski definition) is 1. The summed E-state index contributed by atoms with van der Waals surface area (Å²) in [6.45, 7) is 8.44. The topological polar surface area (TPSA) is 21.3 Å². The SMILES string of the molecule is CCCOCCNCC1CC1C. The highest BCUT2D eigenvalue weighted by Crippen LogP contribution is 2.36. The summed E-state index contributed by atoms with van der Waals surface area (Å²) in [6, 6.07) is 0. The van der Waals surface area contributed by atoms with Crippen molar-refractivity contribution in [1.29, 1.82) is 0 Å². The van der Waals surface area contributed by atoms with Gasteiger partial charge in [-0.25, -0.2) is 0 Å². The first-order valence-electron chi connectivity index (χ1n) is 5.13. The Hall–Kier alpha value is -0.0800. The molecule has 2 heteroatoms. The van der Waals surface area contributed by atoms with Gasteiger partial charge in [0.15, 0.2) is 0 Å². The molecule has 72 valence electrons. The fraction of sp³-hybridized carbons (Fsp3) is 1.00. The molecular weight excluding hydrogens is 150 g/mol. The van der Waals surface area contributed by atoms with Crippen LogP contribution in [0.2, 0.25) is 0 Å². The highest BCUT2D eigenvalue weighted by atomic mass is 16.5. The summed E-state index contributed by atoms with van der Waals surface area (Å²) in [6.07, 6.45) is 2.54. The van der Waals surface area contributed by atoms with Crippen LogP contribution >= 0.6 is 0 Å². The summed E-state index contributed by atoms with van der Waals surface area (Å²) in [5, 5.41) is 3.41. The van der Waals surface area contributed by atoms with Crippen LogP contribution in [-0.2, 0) is 4.74 Å². The molecule has 0 radical (unpaired) electrons. The maximum absolute atomic E-state index is 5.35. The van der Waals surface area contributed by atoms with Crippen molar-refractivity contribution >= 4 is 0 Å². The second-order valence-electron chi connectivity index (χ2n) is 3.79. The first-order chi connectivity index (χ1) is 5.84. The van der Waals surface area contributed by atoms with Gasteiger partial charge in [-0.3, -0.25) is 0 Å². The van der Waals surface area contributed by atoms with Gasteiger partial charge >= 0.3 is 0 Å². The lowest BCUT2D eigenvalue weighted by atomic mass is 10.3. The largest absolute Gasteiger partial charge is 0.380 e. The Labute approximate surface area is 75.7 Å². The highest BCUT2D eigenvalue weighted by molar-refractivity contribution is 4.83. The van der Waals surface area contributed by atoms with E-state index >= 15 is 0 Å². The third-order valence-electron chi connectivity index (χ3n) is 2.45. The quantitative estimate of drug-likeness (QED) is 0.588. The zero-order valence-corrected chi connectivity index (χ0v) is 8.31. The van der Waals surface area contributed by atoms with Crippen molar-refractivity contribution in [2.24, 2.45) is 11.8 Å². The monoisotopic (exact) mass is 171 g/mol. The van der Waals surface area contributed by atoms with Crippen LogP contribution in [0.4, 0.5) is 0 Å². The van der Waals surface area contributed by atoms with E-state index in [0.717, 1.165) is 38.0 Å². The number of ether oxygens (including phenoxy) is 1. The molecule has 0 aliphatic heterocycles. The minimum absolute atomic E-state index is 0.870. The molecule has 0 aromatic heterocycles. The summed E-state index contributed by atoms with van der Waals surface area (Å²) >= 11 is 0. The Kier molecular flexibility index (Phi) is 4.62. The van der Waals surface area contributed by atoms with Gasteiger partial charge < -0.3 is 10.1 Å². The van der Waals surface area contributed by atoms with Crippen LogP contribution in [0.15, 0.2) is 0 Å². The van der Waals surface area contributed by atoms with Gasteiger partial charge in [0.25, 0.3) is 0 Å². The lowest BCUT2D eigenvalue weighted by molar-refractivity contribution is 0.136. The summed E-state index contributed by atoms with van der Waals surface area (Å²) in [5.41, 5.74) is 0. The standard InChI is InChI=1S/C10H21NO/c1-3-5-12-6-4-11-8-10-7-9(10)2/h9-11H,3-8H2,1-2H3. The van der Waals surface area contributed by atoms with E-state index in [9.17, 15) is 0 Å². The number of hydrogen-bond acceptors (Lipinski definition) is 2. The molecule has 0 amide bonds. The zero-order chi connectivity index (χ0) is 8.81. The molecule has 2 atom stereocenters. The van der Waals surface area contributed by atoms with E-state index in [1.54, 1.807) is 0 Å². The average Bonchev–Trinajstić information content (AvgIpc) is 2.74. The van der Waals surface area contributed by atoms with Crippen LogP contribution in [0.1, 0.15) is 26.7 Å². The van der Waals surface area contributed by atoms with Crippen LogP contribution in [-0.4, -0.2) is 26.3 Å². The molecule has 1 aliphatic rings. The zero-order valence-electron chi connectivity index (χ0n) is 8.31. The molecule has 0 aromatic rings. The molecule has 0 heterocycles. The lowest BCUT2D eigenvalue weighted by Gasteiger charge is -2.03. The molecule has 0 saturated heterocycles. The van der Waals surface area contributed by atoms with Crippen LogP contribution in [0.3, 0.4) is 0 Å². The van der Waals surface area contributed by atoms with Crippen molar-refractivity contribution in [3.63, 3.8) is 0 Å². The van der Waals surface area contributed by atoms with Gasteiger partial charge in [0.1, 0.15) is 0 Å². The Morgan fingerprint density at radius 3 is 2.75 bits per heavy atom. The molecule has 1 rings (SSSR count). The molecule has 2 unspecified atom stereocenters. The summed E-state index contributed by atoms with van der Waals surface area (Å²) in [4.78, 5) is 0. The molecule has 1 aliphatic carbocycles. The molecule has 2 nitrogen and oxygen atoms in total. The second kappa shape index (κ2) is 5.55. The van der Waals surface area contributed by atoms with Gasteiger partial charge in [-0.15, -0.1) is 0 Å². The van der Waals surface area contributed by atoms with Crippen LogP contribution in [0, 0.1) is 11.8 Å². The Morgan fingerprint density at radius 2 is 2.17 bits per heavy atom. The van der Waals surface area contributed by atoms with Gasteiger partial charge in [-0.2, -0.15) is 0 Å². The molecule has 1 fully saturated rings. The van der Waals surface area contributed by atoms with Crippen molar-refractivity contribution in [2.45, 2.75) is 26.7 Å². The van der Waals surface area contributed by atoms with Crippen molar-refractivity contribution < 1.29 is 4.74 Å². The van der Waals surface area contributed by atoms with E-state index in [4.69, 9.17) is 4.74 Å². The van der Waals surface area contributed by atoms with Gasteiger partial charge in [-0.05, 0) is 31.2 Å². The predicted molar refractivity (Wildman–Crippen MR) is 51.3 cm³/mol. The minimum Gasteiger partial charge on any atom is -0.380 e. The number of nitrogens with one attached hydrogen (secondary N) is 1. The van der Waals surface area contributed by atoms with E-state index in [0.29, 0.717) is 0 Å². The van der Waals surface area contributed by atoms with Crippen LogP contribution in [0.5, 0.6) is 0 Å². The van der Waals surface area contributed by atoms with Gasteiger partial charge in [0, 0.05) is 13.2 Å². The van der Waals surface area contributed by atoms with Gasteiger partial charge in [0.05, 0.1) is 6.61 Å². The molecule has 12 heavy (non-hydrogen) atoms. The third kappa shape index (κ3) is 4.07. The van der Waals surface area contributed by atoms with Crippen molar-refractivity contribution in [1.82, 2.24) is 5.32 Å². The van der Waals surface area contributed by atoms with Crippen molar-refractivity contribution in [2.75, 3.05) is 26.3 Å². The maximum atomic E-state index is 5.35. The predicted octanol–water partition coefficient (Wildman–Crippen LogP) is 1.66. The molecular formula is C10H21NO. The summed E-state index contributed by atoms with van der Waals surface area (Å²) < 4.78 is 5.35. The van der Waals surface area contributed by atoms with Gasteiger partial charge in [-0.1, -0.05) is 13.8 Å². The molecule has 1 saturated carbocycles. The Balaban J connectivity index is 1.72. The van der Waals surface area contributed by atoms with Crippen molar-refractivity contribution in [3.8, 4) is 0 Å². The summed E-state index contributed by atoms with van der Waals surface area (Å²) in [5.74, 6) is 1.92. The van der Waals surface area contributed by atoms with E-state index in [2.05, 4.69) is 19.2 Å². The lowest BCUT2D eigenvalue weighted by Crippen LogP contribution is -2.22. The Bertz CT molecular complexity index is 116. The van der Waals surface area contributed by atoms with Crippen LogP contribution in [0.25, 0.3) is 0 Å². The maximum Gasteiger partial charge on any atom is 0.0590 e. The van der Waals surface area contributed by atoms with Crippen molar-refractivity contribution in [3.05, 3.63) is 0 Å². The van der Waals surface area contributed by atoms with E-state index < -0.39 is 0 Å². The normalized spacial score (nSPS) is 27.5. The average molecular weight is 171 g/mol. The molecule has 0 bridgehead atoms. The fourth-order valence-corrected chi connectivity index (χ4v) is 1.36. The highest BCUT2D eigenvalue weighted by Gasteiger charge is 2.31. The first-order valence-corrected chi connectivity index (χ1v) is 5.13. The van der Waals surface area contributed by atoms with E-state index in [-0.39, 0.29) is 0 Å². The molecule has 1 N–H and O–H groups in total. The Morgan fingerprint density at radius 1 is 1.42 bits per heavy atom. The summed E-state index contributed by atoms with van der Waals surface area (Å²) in [7, 11) is 0. The van der Waals surface area contributed by atoms with Gasteiger partial charge in [0.2, 0.25) is 0 Å². The van der Waals surface area contributed by atoms with E-state index in [1.807, 2.05) is 0 Å². The van der Waals surface area contributed by atoms with E-state index in [1.165, 1.54) is 13.0 Å². The fourth-order valence-electron chi connectivity index (χ4n) is 1.36. The first kappa shape index (κ1) is 10.0. The minimum atomic E-state index is 0.870. The molecule has 0 aromatic carbocycles. The van der Waals surface area contributed by atoms with Crippen LogP contribution < -0.4 is 5.32 Å². The number of rotatable bonds is 7. The smallest absolute Gasteiger partial charge is 0.0590 e. The molecule has 0 spiro atoms. The second-order valence-corrected chi connectivity index (χ2v) is 3.79. The third-order valence-corrected chi connectivity index (χ3v) is 2.45.